The third-order valence-corrected chi connectivity index (χ3v) is 20.5. The zero-order valence-corrected chi connectivity index (χ0v) is 67.9. The fraction of sp³-hybridized carbons (Fsp3) is 0.900. The minimum atomic E-state index is -1.68. The largest absolute Gasteiger partial charge is 0.480 e. The molecule has 21 aliphatic rings. The van der Waals surface area contributed by atoms with Gasteiger partial charge in [0, 0.05) is 99.5 Å². The van der Waals surface area contributed by atoms with Gasteiger partial charge in [-0.3, -0.25) is 0 Å². The first kappa shape index (κ1) is 99.3. The summed E-state index contributed by atoms with van der Waals surface area (Å²) < 4.78 is 222. The van der Waals surface area contributed by atoms with Crippen LogP contribution in [0.5, 0.6) is 0 Å². The average molecular weight is 1740 g/mol. The van der Waals surface area contributed by atoms with Gasteiger partial charge in [-0.1, -0.05) is 0 Å². The van der Waals surface area contributed by atoms with E-state index in [4.69, 9.17) is 166 Å². The Morgan fingerprint density at radius 1 is 0.176 bits per heavy atom. The lowest BCUT2D eigenvalue weighted by molar-refractivity contribution is -0.403. The van der Waals surface area contributed by atoms with E-state index in [1.54, 1.807) is 0 Å². The van der Waals surface area contributed by atoms with Crippen LogP contribution in [0.1, 0.15) is 0 Å². The molecule has 0 aromatic rings. The Hall–Kier alpha value is -5.11. The molecule has 0 aliphatic carbocycles. The summed E-state index contributed by atoms with van der Waals surface area (Å²) in [6.07, 6.45) is -52.6. The number of carboxylic acids is 7. The highest BCUT2D eigenvalue weighted by Gasteiger charge is 2.63. The molecular weight excluding hydrogens is 1620 g/mol. The maximum absolute atomic E-state index is 12.2. The highest BCUT2D eigenvalue weighted by molar-refractivity contribution is 5.69. The summed E-state index contributed by atoms with van der Waals surface area (Å²) in [4.78, 5) is 85.3. The first-order chi connectivity index (χ1) is 57.2. The van der Waals surface area contributed by atoms with Gasteiger partial charge in [0.15, 0.2) is 44.0 Å². The molecule has 21 rings (SSSR count). The van der Waals surface area contributed by atoms with Gasteiger partial charge in [-0.05, 0) is 0 Å². The third kappa shape index (κ3) is 25.6. The molecule has 0 saturated carbocycles. The van der Waals surface area contributed by atoms with Gasteiger partial charge < -0.3 is 202 Å². The van der Waals surface area contributed by atoms with E-state index in [2.05, 4.69) is 0 Å². The highest BCUT2D eigenvalue weighted by Crippen LogP contribution is 2.43. The van der Waals surface area contributed by atoms with E-state index in [-0.39, 0.29) is 0 Å². The van der Waals surface area contributed by atoms with Crippen molar-refractivity contribution in [1.29, 1.82) is 0 Å². The standard InChI is InChI=1S/C70H112O49/c1-85-50-43-29(15-99-22-36(71)72)106-64(57(50)92-8)114-44-30(16-100-23-37(73)74)108-66(59(94-10)51(44)86-2)116-46-32(18-102-25-39(77)78)110-68(61(96-12)53(46)88-4)118-48-34(20-104-27-41(81)82)112-70(63(98-14)55(48)90-6)119-49-35(21-105-28-42(83)84)111-69(62(97-13)56(49)91-7)117-47-33(19-103-26-40(79)80)109-67(60(95-11)54(47)89-5)115-45-31(17-101-24-38(75)76)107-65(113-43)58(93-9)52(45)87-3/h29-35,43-70H,15-28H2,1-14H3,(H,71,72)(H,73,74)(H,75,76)(H,77,78)(H,79,80)(H,81,82)(H,83,84)/t29-,30-,31-,32-,33-,34-,35-,43-,44-,45-,46-,47-,48-,49-,50-,51-,52-,53+,54+,55+,56+,57-,58-,59-,60-,61-,62-,63-,64-,65-,66-,67-,68-,69-,70-/m1/s1. The molecule has 0 amide bonds. The van der Waals surface area contributed by atoms with Gasteiger partial charge in [0.05, 0.1) is 46.2 Å². The van der Waals surface area contributed by atoms with Gasteiger partial charge in [-0.25, -0.2) is 33.6 Å². The average Bonchev–Trinajstić information content (AvgIpc) is 0.796. The minimum Gasteiger partial charge on any atom is -0.480 e. The molecule has 7 N–H and O–H groups in total. The van der Waals surface area contributed by atoms with Crippen LogP contribution in [0.15, 0.2) is 0 Å². The number of methoxy groups -OCH3 is 14. The predicted molar refractivity (Wildman–Crippen MR) is 375 cm³/mol. The van der Waals surface area contributed by atoms with Crippen LogP contribution in [-0.4, -0.2) is 485 Å². The second kappa shape index (κ2) is 49.0. The molecule has 686 valence electrons. The Balaban J connectivity index is 1.32. The molecule has 21 aliphatic heterocycles. The number of carboxylic acid groups (broad SMARTS) is 7. The first-order valence-electron chi connectivity index (χ1n) is 37.3. The van der Waals surface area contributed by atoms with Crippen molar-refractivity contribution < 1.29 is 235 Å². The number of ether oxygens (including phenoxy) is 35. The molecule has 14 bridgehead atoms. The van der Waals surface area contributed by atoms with Crippen molar-refractivity contribution in [2.24, 2.45) is 0 Å². The van der Waals surface area contributed by atoms with Crippen molar-refractivity contribution in [3.05, 3.63) is 0 Å². The zero-order chi connectivity index (χ0) is 86.9. The summed E-state index contributed by atoms with van der Waals surface area (Å²) in [5.74, 6) is -9.85. The van der Waals surface area contributed by atoms with Crippen molar-refractivity contribution in [2.45, 2.75) is 215 Å². The number of hydrogen-bond donors (Lipinski definition) is 7. The monoisotopic (exact) mass is 1740 g/mol. The summed E-state index contributed by atoms with van der Waals surface area (Å²) in [7, 11) is 17.6. The normalized spacial score (nSPS) is 39.8. The molecular formula is C70H112O49. The molecule has 49 nitrogen and oxygen atoms in total. The Morgan fingerprint density at radius 2 is 0.277 bits per heavy atom. The third-order valence-electron chi connectivity index (χ3n) is 20.5. The van der Waals surface area contributed by atoms with E-state index in [1.165, 1.54) is 99.5 Å². The molecule has 35 atom stereocenters. The quantitative estimate of drug-likeness (QED) is 0.0300. The van der Waals surface area contributed by atoms with E-state index >= 15 is 0 Å². The van der Waals surface area contributed by atoms with Crippen molar-refractivity contribution in [1.82, 2.24) is 0 Å². The lowest BCUT2D eigenvalue weighted by Gasteiger charge is -2.52. The van der Waals surface area contributed by atoms with Gasteiger partial charge in [0.1, 0.15) is 217 Å². The number of aliphatic carboxylic acids is 7. The van der Waals surface area contributed by atoms with Crippen LogP contribution in [-0.2, 0) is 199 Å². The Bertz CT molecular complexity index is 2520. The van der Waals surface area contributed by atoms with Gasteiger partial charge in [0.2, 0.25) is 0 Å². The minimum absolute atomic E-state index is 0.630. The SMILES string of the molecule is CO[C@@H]1[C@@H](OC)[C@H]2O[C@H]3[C@H](OC)[C@@H](OC)[C@@H](O[C@H]4[C@@H](OC)[C@@H](OC)[C@@H](O[C@H]5[C@@H](OC)[C@@H](OC)[C@@H](O[C@H]6[C@@H](OC)[C@@H](OC)[C@@H](O[C@H]7[C@H](OC)[C@@H](OC)[C@@H](O[C@H]8[C@H](OC)[C@@H](OC)[C@@H](O[C@@H]1[C@@H](COCC(=O)O)O2)O[C@@H]8COCC(=O)O)O[C@@H]7COCC(=O)O)O[C@@H]6COCC(=O)O)O[C@@H]5COCC(=O)O)O[C@@H]4COCC(=O)O)O[C@@H]3COCC(=O)O. The van der Waals surface area contributed by atoms with Crippen LogP contribution in [0, 0.1) is 0 Å². The summed E-state index contributed by atoms with van der Waals surface area (Å²) in [6, 6.07) is 0. The van der Waals surface area contributed by atoms with Crippen LogP contribution >= 0.6 is 0 Å². The molecule has 21 heterocycles. The van der Waals surface area contributed by atoms with Crippen LogP contribution in [0.25, 0.3) is 0 Å². The number of carbonyl (C=O) groups is 7. The zero-order valence-electron chi connectivity index (χ0n) is 67.9. The topological polar surface area (TPSA) is 584 Å². The fourth-order valence-corrected chi connectivity index (χ4v) is 15.5. The molecule has 119 heavy (non-hydrogen) atoms. The van der Waals surface area contributed by atoms with Crippen LogP contribution in [0.4, 0.5) is 0 Å². The van der Waals surface area contributed by atoms with Crippen molar-refractivity contribution in [3.63, 3.8) is 0 Å². The lowest BCUT2D eigenvalue weighted by Crippen LogP contribution is -2.69. The summed E-state index contributed by atoms with van der Waals surface area (Å²) in [5, 5.41) is 69.4. The molecule has 21 saturated heterocycles. The first-order valence-corrected chi connectivity index (χ1v) is 37.3. The van der Waals surface area contributed by atoms with Gasteiger partial charge in [-0.2, -0.15) is 0 Å². The summed E-state index contributed by atoms with van der Waals surface area (Å²) in [6.45, 7) is -10.7. The van der Waals surface area contributed by atoms with Crippen LogP contribution in [0.3, 0.4) is 0 Å². The van der Waals surface area contributed by atoms with Crippen LogP contribution < -0.4 is 0 Å². The van der Waals surface area contributed by atoms with E-state index in [0.29, 0.717) is 0 Å². The lowest BCUT2D eigenvalue weighted by atomic mass is 9.94. The number of hydrogen-bond acceptors (Lipinski definition) is 42. The molecule has 0 aromatic carbocycles. The maximum Gasteiger partial charge on any atom is 0.329 e. The molecule has 0 radical (unpaired) electrons. The molecule has 0 unspecified atom stereocenters. The van der Waals surface area contributed by atoms with Crippen molar-refractivity contribution >= 4 is 41.8 Å². The van der Waals surface area contributed by atoms with Gasteiger partial charge in [-0.15, -0.1) is 0 Å². The molecule has 49 heteroatoms. The summed E-state index contributed by atoms with van der Waals surface area (Å²) in [5.41, 5.74) is 0. The van der Waals surface area contributed by atoms with E-state index in [9.17, 15) is 69.3 Å². The fourth-order valence-electron chi connectivity index (χ4n) is 15.5. The van der Waals surface area contributed by atoms with E-state index in [1.807, 2.05) is 0 Å². The molecule has 0 aromatic heterocycles. The molecule has 0 spiro atoms. The second-order valence-corrected chi connectivity index (χ2v) is 27.7. The Morgan fingerprint density at radius 3 is 0.361 bits per heavy atom. The maximum atomic E-state index is 12.2. The van der Waals surface area contributed by atoms with Crippen LogP contribution in [0.2, 0.25) is 0 Å². The van der Waals surface area contributed by atoms with Gasteiger partial charge >= 0.3 is 41.8 Å². The van der Waals surface area contributed by atoms with Crippen molar-refractivity contribution in [2.75, 3.05) is 192 Å². The van der Waals surface area contributed by atoms with Crippen molar-refractivity contribution in [3.8, 4) is 0 Å². The highest BCUT2D eigenvalue weighted by atomic mass is 16.8. The number of rotatable bonds is 42. The smallest absolute Gasteiger partial charge is 0.329 e. The van der Waals surface area contributed by atoms with E-state index < -0.39 is 349 Å². The Labute approximate surface area is 682 Å². The second-order valence-electron chi connectivity index (χ2n) is 27.7. The van der Waals surface area contributed by atoms with E-state index in [0.717, 1.165) is 0 Å². The summed E-state index contributed by atoms with van der Waals surface area (Å²) >= 11 is 0. The predicted octanol–water partition coefficient (Wildman–Crippen LogP) is -5.31. The molecule has 21 fully saturated rings. The Kier molecular flexibility index (Phi) is 40.9. The van der Waals surface area contributed by atoms with Gasteiger partial charge in [0.25, 0.3) is 0 Å².